The molecule has 1 N–H and O–H groups in total. The first-order valence-corrected chi connectivity index (χ1v) is 7.40. The number of thioether (sulfide) groups is 1. The van der Waals surface area contributed by atoms with Gasteiger partial charge in [-0.1, -0.05) is 0 Å². The van der Waals surface area contributed by atoms with Crippen molar-refractivity contribution in [1.82, 2.24) is 10.4 Å². The van der Waals surface area contributed by atoms with Gasteiger partial charge in [0.2, 0.25) is 0 Å². The average molecular weight is 292 g/mol. The number of nitrogens with zero attached hydrogens (tertiary/aromatic N) is 1. The molecule has 2 amide bonds. The summed E-state index contributed by atoms with van der Waals surface area (Å²) >= 11 is 1.60. The van der Waals surface area contributed by atoms with Crippen molar-refractivity contribution in [2.75, 3.05) is 26.2 Å². The van der Waals surface area contributed by atoms with Crippen molar-refractivity contribution in [1.29, 1.82) is 0 Å². The number of hydrogen-bond acceptors (Lipinski definition) is 5. The molecule has 112 valence electrons. The fourth-order valence-electron chi connectivity index (χ4n) is 1.25. The Bertz CT molecular complexity index is 305. The molecule has 0 saturated carbocycles. The summed E-state index contributed by atoms with van der Waals surface area (Å²) in [4.78, 5) is 28.5. The average Bonchev–Trinajstić information content (AvgIpc) is 2.30. The van der Waals surface area contributed by atoms with Gasteiger partial charge in [-0.05, 0) is 39.2 Å². The van der Waals surface area contributed by atoms with Gasteiger partial charge in [-0.25, -0.2) is 9.86 Å². The number of hydrogen-bond donors (Lipinski definition) is 1. The monoisotopic (exact) mass is 292 g/mol. The van der Waals surface area contributed by atoms with Crippen LogP contribution in [0.1, 0.15) is 27.2 Å². The van der Waals surface area contributed by atoms with Crippen LogP contribution in [0, 0.1) is 0 Å². The van der Waals surface area contributed by atoms with E-state index in [1.165, 1.54) is 14.2 Å². The van der Waals surface area contributed by atoms with Crippen LogP contribution in [0.25, 0.3) is 0 Å². The Labute approximate surface area is 119 Å². The Morgan fingerprint density at radius 3 is 2.37 bits per heavy atom. The summed E-state index contributed by atoms with van der Waals surface area (Å²) in [6.07, 6.45) is 1.86. The van der Waals surface area contributed by atoms with Crippen molar-refractivity contribution < 1.29 is 19.2 Å². The number of likely N-dealkylation sites (N-methyl/N-ethyl adjacent to an activating group) is 1. The zero-order chi connectivity index (χ0) is 15.1. The minimum Gasteiger partial charge on any atom is -0.444 e. The number of alkyl carbamates (subject to hydrolysis) is 1. The molecule has 0 spiro atoms. The van der Waals surface area contributed by atoms with E-state index >= 15 is 0 Å². The van der Waals surface area contributed by atoms with Gasteiger partial charge in [0.1, 0.15) is 11.6 Å². The number of rotatable bonds is 6. The summed E-state index contributed by atoms with van der Waals surface area (Å²) in [6, 6.07) is -0.646. The number of hydroxylamine groups is 2. The van der Waals surface area contributed by atoms with E-state index < -0.39 is 17.7 Å². The number of carbonyl (C=O) groups is 2. The number of nitrogens with one attached hydrogen (secondary N) is 1. The maximum atomic E-state index is 12.0. The molecule has 0 bridgehead atoms. The normalized spacial score (nSPS) is 12.7. The van der Waals surface area contributed by atoms with E-state index in [1.807, 2.05) is 6.26 Å². The van der Waals surface area contributed by atoms with Crippen LogP contribution < -0.4 is 5.32 Å². The van der Waals surface area contributed by atoms with Crippen LogP contribution in [0.4, 0.5) is 4.79 Å². The Hall–Kier alpha value is -0.950. The Morgan fingerprint density at radius 1 is 1.37 bits per heavy atom. The van der Waals surface area contributed by atoms with E-state index in [-0.39, 0.29) is 5.91 Å². The lowest BCUT2D eigenvalue weighted by molar-refractivity contribution is -0.171. The van der Waals surface area contributed by atoms with Crippen LogP contribution >= 0.6 is 11.8 Å². The largest absolute Gasteiger partial charge is 0.444 e. The van der Waals surface area contributed by atoms with Gasteiger partial charge in [-0.2, -0.15) is 11.8 Å². The second-order valence-electron chi connectivity index (χ2n) is 5.00. The first kappa shape index (κ1) is 18.0. The zero-order valence-electron chi connectivity index (χ0n) is 12.5. The van der Waals surface area contributed by atoms with Crippen LogP contribution in [0.5, 0.6) is 0 Å². The van der Waals surface area contributed by atoms with Gasteiger partial charge in [0, 0.05) is 7.05 Å². The molecule has 1 atom stereocenters. The van der Waals surface area contributed by atoms with Crippen LogP contribution in [-0.2, 0) is 14.4 Å². The lowest BCUT2D eigenvalue weighted by atomic mass is 10.2. The van der Waals surface area contributed by atoms with Crippen molar-refractivity contribution in [2.24, 2.45) is 0 Å². The summed E-state index contributed by atoms with van der Waals surface area (Å²) in [6.45, 7) is 5.31. The van der Waals surface area contributed by atoms with Crippen molar-refractivity contribution in [3.05, 3.63) is 0 Å². The fourth-order valence-corrected chi connectivity index (χ4v) is 1.72. The third-order valence-corrected chi connectivity index (χ3v) is 2.83. The standard InChI is InChI=1S/C12H24N2O4S/c1-12(2,3)18-11(16)13-9(7-8-19-6)10(15)14(4)17-5/h9H,7-8H2,1-6H3,(H,13,16)/t9-/m1/s1. The molecule has 0 unspecified atom stereocenters. The molecule has 0 rings (SSSR count). The van der Waals surface area contributed by atoms with Crippen LogP contribution in [0.2, 0.25) is 0 Å². The van der Waals surface area contributed by atoms with Crippen LogP contribution in [0.15, 0.2) is 0 Å². The van der Waals surface area contributed by atoms with E-state index in [2.05, 4.69) is 5.32 Å². The summed E-state index contributed by atoms with van der Waals surface area (Å²) < 4.78 is 5.14. The molecule has 19 heavy (non-hydrogen) atoms. The van der Waals surface area contributed by atoms with Crippen LogP contribution in [-0.4, -0.2) is 54.9 Å². The number of ether oxygens (including phenoxy) is 1. The zero-order valence-corrected chi connectivity index (χ0v) is 13.3. The van der Waals surface area contributed by atoms with Gasteiger partial charge in [0.05, 0.1) is 7.11 Å². The molecule has 0 aliphatic rings. The fraction of sp³-hybridized carbons (Fsp3) is 0.833. The van der Waals surface area contributed by atoms with Crippen LogP contribution in [0.3, 0.4) is 0 Å². The molecule has 0 aromatic heterocycles. The maximum Gasteiger partial charge on any atom is 0.408 e. The van der Waals surface area contributed by atoms with Gasteiger partial charge in [-0.3, -0.25) is 9.63 Å². The minimum atomic E-state index is -0.646. The van der Waals surface area contributed by atoms with Gasteiger partial charge in [-0.15, -0.1) is 0 Å². The van der Waals surface area contributed by atoms with Crippen molar-refractivity contribution >= 4 is 23.8 Å². The third-order valence-electron chi connectivity index (χ3n) is 2.18. The van der Waals surface area contributed by atoms with Crippen molar-refractivity contribution in [3.63, 3.8) is 0 Å². The Morgan fingerprint density at radius 2 is 1.95 bits per heavy atom. The molecule has 0 aromatic rings. The van der Waals surface area contributed by atoms with E-state index in [0.717, 1.165) is 10.8 Å². The van der Waals surface area contributed by atoms with E-state index in [4.69, 9.17) is 9.57 Å². The minimum absolute atomic E-state index is 0.303. The lowest BCUT2D eigenvalue weighted by Gasteiger charge is -2.25. The molecule has 0 aliphatic heterocycles. The molecule has 6 nitrogen and oxygen atoms in total. The topological polar surface area (TPSA) is 67.9 Å². The maximum absolute atomic E-state index is 12.0. The summed E-state index contributed by atoms with van der Waals surface area (Å²) in [7, 11) is 2.90. The molecule has 0 saturated heterocycles. The second-order valence-corrected chi connectivity index (χ2v) is 5.98. The smallest absolute Gasteiger partial charge is 0.408 e. The first-order chi connectivity index (χ1) is 8.71. The molecular weight excluding hydrogens is 268 g/mol. The van der Waals surface area contributed by atoms with Gasteiger partial charge in [0.25, 0.3) is 5.91 Å². The molecule has 0 fully saturated rings. The SMILES string of the molecule is CON(C)C(=O)[C@@H](CCSC)NC(=O)OC(C)(C)C. The summed E-state index contributed by atoms with van der Waals surface area (Å²) in [5.74, 6) is 0.450. The third kappa shape index (κ3) is 7.94. The first-order valence-electron chi connectivity index (χ1n) is 6.01. The van der Waals surface area contributed by atoms with E-state index in [1.54, 1.807) is 32.5 Å². The highest BCUT2D eigenvalue weighted by Crippen LogP contribution is 2.09. The molecule has 0 heterocycles. The highest BCUT2D eigenvalue weighted by atomic mass is 32.2. The molecule has 0 aromatic carbocycles. The van der Waals surface area contributed by atoms with E-state index in [9.17, 15) is 9.59 Å². The lowest BCUT2D eigenvalue weighted by Crippen LogP contribution is -2.48. The summed E-state index contributed by atoms with van der Waals surface area (Å²) in [5, 5.41) is 3.68. The highest BCUT2D eigenvalue weighted by Gasteiger charge is 2.26. The number of carbonyl (C=O) groups excluding carboxylic acids is 2. The molecule has 0 radical (unpaired) electrons. The number of amides is 2. The predicted octanol–water partition coefficient (Wildman–Crippen LogP) is 1.65. The molecular formula is C12H24N2O4S. The van der Waals surface area contributed by atoms with Gasteiger partial charge >= 0.3 is 6.09 Å². The molecule has 0 aliphatic carbocycles. The van der Waals surface area contributed by atoms with Crippen molar-refractivity contribution in [3.8, 4) is 0 Å². The predicted molar refractivity (Wildman–Crippen MR) is 75.9 cm³/mol. The second kappa shape index (κ2) is 8.27. The quantitative estimate of drug-likeness (QED) is 0.754. The van der Waals surface area contributed by atoms with E-state index in [0.29, 0.717) is 6.42 Å². The van der Waals surface area contributed by atoms with Crippen molar-refractivity contribution in [2.45, 2.75) is 38.8 Å². The Balaban J connectivity index is 4.59. The highest BCUT2D eigenvalue weighted by molar-refractivity contribution is 7.98. The van der Waals surface area contributed by atoms with Gasteiger partial charge in [0.15, 0.2) is 0 Å². The van der Waals surface area contributed by atoms with Gasteiger partial charge < -0.3 is 10.1 Å². The summed E-state index contributed by atoms with van der Waals surface area (Å²) in [5.41, 5.74) is -0.593. The molecule has 7 heteroatoms. The Kier molecular flexibility index (Phi) is 7.85.